The Hall–Kier alpha value is -1.24. The highest BCUT2D eigenvalue weighted by Gasteiger charge is 2.11. The van der Waals surface area contributed by atoms with E-state index >= 15 is 0 Å². The Morgan fingerprint density at radius 1 is 1.63 bits per heavy atom. The normalized spacial score (nSPS) is 12.6. The van der Waals surface area contributed by atoms with Gasteiger partial charge in [0, 0.05) is 17.7 Å². The smallest absolute Gasteiger partial charge is 0.217 e. The number of benzene rings is 1. The van der Waals surface area contributed by atoms with Gasteiger partial charge in [0.15, 0.2) is 0 Å². The number of nitrogens with two attached hydrogens (primary N) is 1. The summed E-state index contributed by atoms with van der Waals surface area (Å²) in [6, 6.07) is 5.28. The highest BCUT2D eigenvalue weighted by molar-refractivity contribution is 7.99. The molecule has 5 nitrogen and oxygen atoms in total. The van der Waals surface area contributed by atoms with Crippen molar-refractivity contribution in [1.29, 1.82) is 0 Å². The maximum absolute atomic E-state index is 10.7. The van der Waals surface area contributed by atoms with Crippen LogP contribution in [0.2, 0.25) is 5.02 Å². The van der Waals surface area contributed by atoms with Crippen LogP contribution >= 0.6 is 23.4 Å². The number of halogens is 1. The number of nitrogens with one attached hydrogen (secondary N) is 2. The summed E-state index contributed by atoms with van der Waals surface area (Å²) in [5.41, 5.74) is 7.78. The van der Waals surface area contributed by atoms with E-state index in [2.05, 4.69) is 15.3 Å². The van der Waals surface area contributed by atoms with Gasteiger partial charge in [0.1, 0.15) is 5.82 Å². The Balaban J connectivity index is 1.97. The molecule has 7 heteroatoms. The van der Waals surface area contributed by atoms with Crippen LogP contribution in [0.1, 0.15) is 18.8 Å². The Kier molecular flexibility index (Phi) is 4.68. The molecular weight excluding hydrogens is 284 g/mol. The molecule has 102 valence electrons. The molecule has 0 saturated heterocycles. The molecule has 1 amide bonds. The zero-order valence-electron chi connectivity index (χ0n) is 10.4. The van der Waals surface area contributed by atoms with Gasteiger partial charge in [-0.1, -0.05) is 11.6 Å². The summed E-state index contributed by atoms with van der Waals surface area (Å²) < 4.78 is 0. The summed E-state index contributed by atoms with van der Waals surface area (Å²) in [7, 11) is 0. The van der Waals surface area contributed by atoms with E-state index in [9.17, 15) is 4.79 Å². The number of rotatable bonds is 5. The first kappa shape index (κ1) is 14.2. The van der Waals surface area contributed by atoms with Crippen LogP contribution < -0.4 is 11.1 Å². The van der Waals surface area contributed by atoms with Gasteiger partial charge >= 0.3 is 0 Å². The van der Waals surface area contributed by atoms with Crippen molar-refractivity contribution >= 4 is 40.3 Å². The van der Waals surface area contributed by atoms with Gasteiger partial charge in [0.25, 0.3) is 0 Å². The molecule has 0 saturated carbocycles. The van der Waals surface area contributed by atoms with Gasteiger partial charge < -0.3 is 16.0 Å². The molecule has 4 N–H and O–H groups in total. The van der Waals surface area contributed by atoms with Crippen LogP contribution in [0.25, 0.3) is 11.0 Å². The van der Waals surface area contributed by atoms with Crippen molar-refractivity contribution in [3.05, 3.63) is 29.0 Å². The zero-order chi connectivity index (χ0) is 13.8. The fourth-order valence-corrected chi connectivity index (χ4v) is 2.59. The SMILES string of the molecule is CC(=O)NCSC[C@H](N)c1nc2cc(Cl)ccc2[nH]1. The molecule has 0 aliphatic heterocycles. The minimum atomic E-state index is -0.204. The highest BCUT2D eigenvalue weighted by Crippen LogP contribution is 2.20. The van der Waals surface area contributed by atoms with E-state index < -0.39 is 0 Å². The summed E-state index contributed by atoms with van der Waals surface area (Å²) in [5.74, 6) is 1.91. The number of nitrogens with zero attached hydrogens (tertiary/aromatic N) is 1. The number of H-pyrrole nitrogens is 1. The van der Waals surface area contributed by atoms with E-state index in [4.69, 9.17) is 17.3 Å². The minimum Gasteiger partial charge on any atom is -0.347 e. The van der Waals surface area contributed by atoms with E-state index in [1.807, 2.05) is 12.1 Å². The Bertz CT molecular complexity index is 586. The fraction of sp³-hybridized carbons (Fsp3) is 0.333. The number of hydrogen-bond donors (Lipinski definition) is 3. The Morgan fingerprint density at radius 2 is 2.42 bits per heavy atom. The average Bonchev–Trinajstić information content (AvgIpc) is 2.77. The number of carbonyl (C=O) groups is 1. The summed E-state index contributed by atoms with van der Waals surface area (Å²) in [6.07, 6.45) is 0. The molecule has 0 aliphatic carbocycles. The van der Waals surface area contributed by atoms with Crippen LogP contribution in [0.5, 0.6) is 0 Å². The van der Waals surface area contributed by atoms with E-state index in [1.165, 1.54) is 6.92 Å². The molecule has 0 spiro atoms. The fourth-order valence-electron chi connectivity index (χ4n) is 1.59. The molecule has 0 bridgehead atoms. The van der Waals surface area contributed by atoms with E-state index in [0.29, 0.717) is 16.7 Å². The molecule has 0 fully saturated rings. The third-order valence-corrected chi connectivity index (χ3v) is 3.71. The standard InChI is InChI=1S/C12H15ClN4OS/c1-7(18)15-6-19-5-9(14)12-16-10-3-2-8(13)4-11(10)17-12/h2-4,9H,5-6,14H2,1H3,(H,15,18)(H,16,17)/t9-/m0/s1. The molecular formula is C12H15ClN4OS. The lowest BCUT2D eigenvalue weighted by molar-refractivity contribution is -0.118. The molecule has 2 aromatic rings. The predicted molar refractivity (Wildman–Crippen MR) is 79.2 cm³/mol. The number of thioether (sulfide) groups is 1. The maximum Gasteiger partial charge on any atom is 0.217 e. The zero-order valence-corrected chi connectivity index (χ0v) is 12.0. The summed E-state index contributed by atoms with van der Waals surface area (Å²) >= 11 is 7.46. The second-order valence-corrected chi connectivity index (χ2v) is 5.60. The first-order valence-corrected chi connectivity index (χ1v) is 7.32. The van der Waals surface area contributed by atoms with Crippen LogP contribution in [0.15, 0.2) is 18.2 Å². The van der Waals surface area contributed by atoms with Gasteiger partial charge in [-0.3, -0.25) is 4.79 Å². The largest absolute Gasteiger partial charge is 0.347 e. The van der Waals surface area contributed by atoms with Gasteiger partial charge in [-0.05, 0) is 18.2 Å². The topological polar surface area (TPSA) is 83.8 Å². The van der Waals surface area contributed by atoms with Crippen molar-refractivity contribution in [2.24, 2.45) is 5.73 Å². The van der Waals surface area contributed by atoms with E-state index in [1.54, 1.807) is 17.8 Å². The van der Waals surface area contributed by atoms with Crippen molar-refractivity contribution in [3.63, 3.8) is 0 Å². The Labute approximate surface area is 120 Å². The number of carbonyl (C=O) groups excluding carboxylic acids is 1. The van der Waals surface area contributed by atoms with E-state index in [0.717, 1.165) is 16.9 Å². The Morgan fingerprint density at radius 3 is 3.16 bits per heavy atom. The highest BCUT2D eigenvalue weighted by atomic mass is 35.5. The summed E-state index contributed by atoms with van der Waals surface area (Å²) in [4.78, 5) is 18.3. The second-order valence-electron chi connectivity index (χ2n) is 4.14. The predicted octanol–water partition coefficient (Wildman–Crippen LogP) is 2.04. The average molecular weight is 299 g/mol. The summed E-state index contributed by atoms with van der Waals surface area (Å²) in [6.45, 7) is 1.49. The van der Waals surface area contributed by atoms with Gasteiger partial charge in [-0.2, -0.15) is 0 Å². The lowest BCUT2D eigenvalue weighted by Crippen LogP contribution is -2.21. The molecule has 0 radical (unpaired) electrons. The molecule has 1 aromatic heterocycles. The van der Waals surface area contributed by atoms with Crippen molar-refractivity contribution in [1.82, 2.24) is 15.3 Å². The number of aromatic amines is 1. The maximum atomic E-state index is 10.7. The van der Waals surface area contributed by atoms with Gasteiger partial charge in [-0.15, -0.1) is 11.8 Å². The van der Waals surface area contributed by atoms with Crippen molar-refractivity contribution in [2.75, 3.05) is 11.6 Å². The van der Waals surface area contributed by atoms with E-state index in [-0.39, 0.29) is 11.9 Å². The summed E-state index contributed by atoms with van der Waals surface area (Å²) in [5, 5.41) is 3.36. The van der Waals surface area contributed by atoms with Gasteiger partial charge in [0.2, 0.25) is 5.91 Å². The van der Waals surface area contributed by atoms with Crippen molar-refractivity contribution < 1.29 is 4.79 Å². The molecule has 1 heterocycles. The quantitative estimate of drug-likeness (QED) is 0.582. The molecule has 0 aliphatic rings. The second kappa shape index (κ2) is 6.27. The molecule has 19 heavy (non-hydrogen) atoms. The number of amides is 1. The number of aromatic nitrogens is 2. The van der Waals surface area contributed by atoms with Crippen LogP contribution in [0.3, 0.4) is 0 Å². The number of imidazole rings is 1. The molecule has 0 unspecified atom stereocenters. The van der Waals surface area contributed by atoms with Crippen LogP contribution in [-0.4, -0.2) is 27.5 Å². The first-order valence-electron chi connectivity index (χ1n) is 5.79. The van der Waals surface area contributed by atoms with Gasteiger partial charge in [0.05, 0.1) is 23.0 Å². The van der Waals surface area contributed by atoms with Crippen LogP contribution in [0, 0.1) is 0 Å². The molecule has 1 atom stereocenters. The number of hydrogen-bond acceptors (Lipinski definition) is 4. The lowest BCUT2D eigenvalue weighted by Gasteiger charge is -2.08. The van der Waals surface area contributed by atoms with Crippen LogP contribution in [0.4, 0.5) is 0 Å². The third kappa shape index (κ3) is 3.86. The monoisotopic (exact) mass is 298 g/mol. The molecule has 2 rings (SSSR count). The molecule has 1 aromatic carbocycles. The van der Waals surface area contributed by atoms with Gasteiger partial charge in [-0.25, -0.2) is 4.98 Å². The van der Waals surface area contributed by atoms with Crippen molar-refractivity contribution in [3.8, 4) is 0 Å². The van der Waals surface area contributed by atoms with Crippen LogP contribution in [-0.2, 0) is 4.79 Å². The lowest BCUT2D eigenvalue weighted by atomic mass is 10.3. The third-order valence-electron chi connectivity index (χ3n) is 2.54. The van der Waals surface area contributed by atoms with Crippen molar-refractivity contribution in [2.45, 2.75) is 13.0 Å². The number of fused-ring (bicyclic) bond motifs is 1. The minimum absolute atomic E-state index is 0.0422. The first-order chi connectivity index (χ1) is 9.06.